The predicted molar refractivity (Wildman–Crippen MR) is 94.2 cm³/mol. The lowest BCUT2D eigenvalue weighted by atomic mass is 10.1. The van der Waals surface area contributed by atoms with E-state index in [1.54, 1.807) is 10.6 Å². The third-order valence-electron chi connectivity index (χ3n) is 4.50. The van der Waals surface area contributed by atoms with Gasteiger partial charge in [0.1, 0.15) is 5.69 Å². The zero-order valence-electron chi connectivity index (χ0n) is 15.0. The molecule has 1 aliphatic heterocycles. The van der Waals surface area contributed by atoms with E-state index in [-0.39, 0.29) is 5.91 Å². The highest BCUT2D eigenvalue weighted by Gasteiger charge is 2.23. The van der Waals surface area contributed by atoms with Crippen LogP contribution in [0, 0.1) is 25.7 Å². The van der Waals surface area contributed by atoms with Gasteiger partial charge in [-0.1, -0.05) is 13.8 Å². The topological polar surface area (TPSA) is 62.5 Å². The van der Waals surface area contributed by atoms with Crippen molar-refractivity contribution in [2.45, 2.75) is 34.1 Å². The van der Waals surface area contributed by atoms with E-state index in [0.717, 1.165) is 49.6 Å². The van der Waals surface area contributed by atoms with E-state index < -0.39 is 0 Å². The van der Waals surface area contributed by atoms with Crippen molar-refractivity contribution in [3.8, 4) is 0 Å². The fraction of sp³-hybridized carbons (Fsp3) is 0.611. The van der Waals surface area contributed by atoms with Gasteiger partial charge in [-0.05, 0) is 44.7 Å². The number of amides is 1. The Morgan fingerprint density at radius 2 is 2.17 bits per heavy atom. The summed E-state index contributed by atoms with van der Waals surface area (Å²) >= 11 is 0. The van der Waals surface area contributed by atoms with Crippen molar-refractivity contribution in [3.05, 3.63) is 29.2 Å². The first-order valence-corrected chi connectivity index (χ1v) is 8.77. The summed E-state index contributed by atoms with van der Waals surface area (Å²) in [5.74, 6) is 1.13. The highest BCUT2D eigenvalue weighted by atomic mass is 16.1. The van der Waals surface area contributed by atoms with Crippen LogP contribution in [0.15, 0.2) is 12.1 Å². The highest BCUT2D eigenvalue weighted by molar-refractivity contribution is 5.92. The van der Waals surface area contributed by atoms with Gasteiger partial charge in [0.2, 0.25) is 0 Å². The molecule has 1 atom stereocenters. The molecule has 1 amide bonds. The number of carbonyl (C=O) groups is 1. The monoisotopic (exact) mass is 329 g/mol. The number of likely N-dealkylation sites (tertiary alicyclic amines) is 1. The third-order valence-corrected chi connectivity index (χ3v) is 4.50. The number of hydrogen-bond acceptors (Lipinski definition) is 4. The van der Waals surface area contributed by atoms with Crippen molar-refractivity contribution < 1.29 is 4.79 Å². The summed E-state index contributed by atoms with van der Waals surface area (Å²) in [6.45, 7) is 12.4. The molecule has 6 heteroatoms. The van der Waals surface area contributed by atoms with E-state index in [1.165, 1.54) is 0 Å². The maximum absolute atomic E-state index is 12.4. The Morgan fingerprint density at radius 1 is 1.38 bits per heavy atom. The average Bonchev–Trinajstić information content (AvgIpc) is 3.10. The summed E-state index contributed by atoms with van der Waals surface area (Å²) in [5, 5.41) is 7.43. The number of rotatable bonds is 5. The van der Waals surface area contributed by atoms with Crippen LogP contribution in [0.25, 0.3) is 5.65 Å². The SMILES string of the molecule is Cc1cc2nc(C(=O)NC[C@@H]3CCN(CC(C)C)C3)cc(C)n2n1. The molecule has 3 heterocycles. The van der Waals surface area contributed by atoms with Gasteiger partial charge in [-0.3, -0.25) is 4.79 Å². The molecular formula is C18H27N5O. The zero-order valence-corrected chi connectivity index (χ0v) is 15.0. The molecule has 1 N–H and O–H groups in total. The number of fused-ring (bicyclic) bond motifs is 1. The predicted octanol–water partition coefficient (Wildman–Crippen LogP) is 2.05. The number of aromatic nitrogens is 3. The van der Waals surface area contributed by atoms with Crippen molar-refractivity contribution in [1.82, 2.24) is 24.8 Å². The van der Waals surface area contributed by atoms with Gasteiger partial charge in [0, 0.05) is 31.4 Å². The lowest BCUT2D eigenvalue weighted by Gasteiger charge is -2.18. The Kier molecular flexibility index (Phi) is 4.85. The molecule has 2 aromatic heterocycles. The zero-order chi connectivity index (χ0) is 17.3. The quantitative estimate of drug-likeness (QED) is 0.912. The van der Waals surface area contributed by atoms with Gasteiger partial charge in [0.05, 0.1) is 5.69 Å². The van der Waals surface area contributed by atoms with Gasteiger partial charge in [-0.15, -0.1) is 0 Å². The summed E-state index contributed by atoms with van der Waals surface area (Å²) in [4.78, 5) is 19.4. The van der Waals surface area contributed by atoms with Crippen LogP contribution in [0.5, 0.6) is 0 Å². The Labute approximate surface area is 143 Å². The number of carbonyl (C=O) groups excluding carboxylic acids is 1. The smallest absolute Gasteiger partial charge is 0.270 e. The molecule has 1 saturated heterocycles. The first kappa shape index (κ1) is 16.9. The molecule has 0 aliphatic carbocycles. The van der Waals surface area contributed by atoms with Crippen LogP contribution in [-0.4, -0.2) is 51.6 Å². The van der Waals surface area contributed by atoms with E-state index >= 15 is 0 Å². The van der Waals surface area contributed by atoms with Crippen LogP contribution in [-0.2, 0) is 0 Å². The number of hydrogen-bond donors (Lipinski definition) is 1. The Morgan fingerprint density at radius 3 is 2.92 bits per heavy atom. The first-order valence-electron chi connectivity index (χ1n) is 8.77. The van der Waals surface area contributed by atoms with Gasteiger partial charge < -0.3 is 10.2 Å². The fourth-order valence-corrected chi connectivity index (χ4v) is 3.45. The molecule has 0 spiro atoms. The average molecular weight is 329 g/mol. The molecule has 130 valence electrons. The van der Waals surface area contributed by atoms with Crippen molar-refractivity contribution in [2.75, 3.05) is 26.2 Å². The van der Waals surface area contributed by atoms with E-state index in [4.69, 9.17) is 0 Å². The van der Waals surface area contributed by atoms with Crippen molar-refractivity contribution in [2.24, 2.45) is 11.8 Å². The minimum Gasteiger partial charge on any atom is -0.350 e. The van der Waals surface area contributed by atoms with Crippen LogP contribution in [0.4, 0.5) is 0 Å². The maximum Gasteiger partial charge on any atom is 0.270 e. The molecule has 0 unspecified atom stereocenters. The summed E-state index contributed by atoms with van der Waals surface area (Å²) in [6, 6.07) is 3.69. The van der Waals surface area contributed by atoms with Crippen molar-refractivity contribution in [3.63, 3.8) is 0 Å². The Balaban J connectivity index is 1.59. The van der Waals surface area contributed by atoms with E-state index in [9.17, 15) is 4.79 Å². The van der Waals surface area contributed by atoms with Crippen molar-refractivity contribution in [1.29, 1.82) is 0 Å². The van der Waals surface area contributed by atoms with Gasteiger partial charge in [0.15, 0.2) is 5.65 Å². The van der Waals surface area contributed by atoms with Gasteiger partial charge in [-0.2, -0.15) is 5.10 Å². The van der Waals surface area contributed by atoms with E-state index in [2.05, 4.69) is 34.1 Å². The number of nitrogens with zero attached hydrogens (tertiary/aromatic N) is 4. The third kappa shape index (κ3) is 3.75. The highest BCUT2D eigenvalue weighted by Crippen LogP contribution is 2.17. The second-order valence-corrected chi connectivity index (χ2v) is 7.36. The summed E-state index contributed by atoms with van der Waals surface area (Å²) in [7, 11) is 0. The van der Waals surface area contributed by atoms with E-state index in [1.807, 2.05) is 19.9 Å². The molecule has 0 bridgehead atoms. The lowest BCUT2D eigenvalue weighted by Crippen LogP contribution is -2.32. The van der Waals surface area contributed by atoms with Crippen LogP contribution < -0.4 is 5.32 Å². The van der Waals surface area contributed by atoms with Crippen LogP contribution >= 0.6 is 0 Å². The normalized spacial score (nSPS) is 18.6. The van der Waals surface area contributed by atoms with Crippen LogP contribution in [0.2, 0.25) is 0 Å². The Bertz CT molecular complexity index is 736. The summed E-state index contributed by atoms with van der Waals surface area (Å²) in [6.07, 6.45) is 1.15. The molecular weight excluding hydrogens is 302 g/mol. The minimum atomic E-state index is -0.0956. The first-order chi connectivity index (χ1) is 11.4. The van der Waals surface area contributed by atoms with Gasteiger partial charge in [0.25, 0.3) is 5.91 Å². The number of aryl methyl sites for hydroxylation is 2. The molecule has 0 radical (unpaired) electrons. The fourth-order valence-electron chi connectivity index (χ4n) is 3.45. The maximum atomic E-state index is 12.4. The molecule has 3 rings (SSSR count). The second kappa shape index (κ2) is 6.89. The van der Waals surface area contributed by atoms with Gasteiger partial charge in [-0.25, -0.2) is 9.50 Å². The summed E-state index contributed by atoms with van der Waals surface area (Å²) < 4.78 is 1.77. The minimum absolute atomic E-state index is 0.0956. The van der Waals surface area contributed by atoms with Crippen molar-refractivity contribution >= 4 is 11.6 Å². The largest absolute Gasteiger partial charge is 0.350 e. The molecule has 1 aliphatic rings. The number of nitrogens with one attached hydrogen (secondary N) is 1. The molecule has 6 nitrogen and oxygen atoms in total. The summed E-state index contributed by atoms with van der Waals surface area (Å²) in [5.41, 5.74) is 3.01. The lowest BCUT2D eigenvalue weighted by molar-refractivity contribution is 0.0942. The van der Waals surface area contributed by atoms with Crippen LogP contribution in [0.3, 0.4) is 0 Å². The van der Waals surface area contributed by atoms with E-state index in [0.29, 0.717) is 17.5 Å². The molecule has 0 aromatic carbocycles. The molecule has 2 aromatic rings. The molecule has 0 saturated carbocycles. The molecule has 24 heavy (non-hydrogen) atoms. The Hall–Kier alpha value is -1.95. The standard InChI is InChI=1S/C18H27N5O/c1-12(2)10-22-6-5-15(11-22)9-19-18(24)16-8-14(4)23-17(20-16)7-13(3)21-23/h7-8,12,15H,5-6,9-11H2,1-4H3,(H,19,24)/t15-/m0/s1. The molecule has 1 fully saturated rings. The van der Waals surface area contributed by atoms with Crippen LogP contribution in [0.1, 0.15) is 42.1 Å². The second-order valence-electron chi connectivity index (χ2n) is 7.36. The van der Waals surface area contributed by atoms with Gasteiger partial charge >= 0.3 is 0 Å².